The first kappa shape index (κ1) is 17.9. The minimum Gasteiger partial charge on any atom is -0.444 e. The van der Waals surface area contributed by atoms with Crippen LogP contribution in [0.1, 0.15) is 20.8 Å². The molecule has 8 heteroatoms. The van der Waals surface area contributed by atoms with Crippen LogP contribution in [-0.2, 0) is 9.47 Å². The van der Waals surface area contributed by atoms with E-state index in [0.29, 0.717) is 13.2 Å². The zero-order valence-electron chi connectivity index (χ0n) is 11.9. The van der Waals surface area contributed by atoms with E-state index in [1.165, 1.54) is 0 Å². The Labute approximate surface area is 118 Å². The van der Waals surface area contributed by atoms with Gasteiger partial charge in [0.25, 0.3) is 0 Å². The Morgan fingerprint density at radius 2 is 2.21 bits per heavy atom. The van der Waals surface area contributed by atoms with Crippen LogP contribution in [0.15, 0.2) is 5.11 Å². The number of nitrogens with zero attached hydrogens (tertiary/aromatic N) is 3. The Morgan fingerprint density at radius 1 is 1.53 bits per heavy atom. The number of nitrogens with one attached hydrogen (secondary N) is 1. The number of hydrogen-bond acceptors (Lipinski definition) is 5. The number of carbonyl (C=O) groups is 1. The quantitative estimate of drug-likeness (QED) is 0.321. The molecule has 0 saturated carbocycles. The number of amides is 1. The monoisotopic (exact) mass is 290 g/mol. The van der Waals surface area contributed by atoms with Crippen molar-refractivity contribution in [2.75, 3.05) is 31.7 Å². The third-order valence-corrected chi connectivity index (χ3v) is 2.54. The van der Waals surface area contributed by atoms with Crippen LogP contribution in [0.2, 0.25) is 0 Å². The number of rotatable bonds is 8. The molecule has 0 heterocycles. The standard InChI is InChI=1S/C11H22N4O3S/c1-11(2,3)18-10(16)13-7-9(8-19-4)17-6-5-14-15-12/h9H,5-8H2,1-4H3,(H,13,16). The topological polar surface area (TPSA) is 96.3 Å². The first-order valence-electron chi connectivity index (χ1n) is 5.97. The molecule has 110 valence electrons. The highest BCUT2D eigenvalue weighted by Crippen LogP contribution is 2.07. The summed E-state index contributed by atoms with van der Waals surface area (Å²) in [6.07, 6.45) is 1.37. The van der Waals surface area contributed by atoms with E-state index in [2.05, 4.69) is 15.3 Å². The fraction of sp³-hybridized carbons (Fsp3) is 0.909. The number of alkyl carbamates (subject to hydrolysis) is 1. The van der Waals surface area contributed by atoms with Crippen LogP contribution in [0, 0.1) is 0 Å². The van der Waals surface area contributed by atoms with E-state index in [-0.39, 0.29) is 12.6 Å². The number of hydrogen-bond donors (Lipinski definition) is 1. The first-order chi connectivity index (χ1) is 8.89. The molecule has 0 saturated heterocycles. The minimum absolute atomic E-state index is 0.128. The third-order valence-electron chi connectivity index (χ3n) is 1.83. The van der Waals surface area contributed by atoms with Gasteiger partial charge < -0.3 is 14.8 Å². The Balaban J connectivity index is 3.98. The van der Waals surface area contributed by atoms with E-state index in [0.717, 1.165) is 5.75 Å². The predicted octanol–water partition coefficient (Wildman–Crippen LogP) is 2.57. The second-order valence-electron chi connectivity index (χ2n) is 4.79. The van der Waals surface area contributed by atoms with Crippen molar-refractivity contribution in [3.63, 3.8) is 0 Å². The van der Waals surface area contributed by atoms with Gasteiger partial charge in [-0.05, 0) is 32.6 Å². The van der Waals surface area contributed by atoms with E-state index < -0.39 is 11.7 Å². The van der Waals surface area contributed by atoms with Crippen molar-refractivity contribution in [3.8, 4) is 0 Å². The molecule has 0 aromatic rings. The Kier molecular flexibility index (Phi) is 9.20. The van der Waals surface area contributed by atoms with Gasteiger partial charge in [-0.2, -0.15) is 11.8 Å². The molecule has 0 aromatic carbocycles. The summed E-state index contributed by atoms with van der Waals surface area (Å²) in [5.41, 5.74) is 7.63. The van der Waals surface area contributed by atoms with Crippen LogP contribution in [0.5, 0.6) is 0 Å². The second-order valence-corrected chi connectivity index (χ2v) is 5.70. The van der Waals surface area contributed by atoms with Gasteiger partial charge >= 0.3 is 6.09 Å². The van der Waals surface area contributed by atoms with Gasteiger partial charge in [0.15, 0.2) is 0 Å². The van der Waals surface area contributed by atoms with Gasteiger partial charge in [-0.25, -0.2) is 4.79 Å². The van der Waals surface area contributed by atoms with Gasteiger partial charge in [-0.3, -0.25) is 0 Å². The third kappa shape index (κ3) is 11.7. The van der Waals surface area contributed by atoms with Gasteiger partial charge in [0, 0.05) is 23.8 Å². The largest absolute Gasteiger partial charge is 0.444 e. The summed E-state index contributed by atoms with van der Waals surface area (Å²) in [4.78, 5) is 14.1. The van der Waals surface area contributed by atoms with Crippen LogP contribution in [0.4, 0.5) is 4.79 Å². The highest BCUT2D eigenvalue weighted by Gasteiger charge is 2.17. The van der Waals surface area contributed by atoms with Crippen LogP contribution >= 0.6 is 11.8 Å². The molecule has 0 aliphatic heterocycles. The number of azide groups is 1. The molecule has 0 aromatic heterocycles. The second kappa shape index (κ2) is 9.77. The van der Waals surface area contributed by atoms with Gasteiger partial charge in [0.1, 0.15) is 5.60 Å². The Bertz CT molecular complexity index is 314. The predicted molar refractivity (Wildman–Crippen MR) is 76.4 cm³/mol. The lowest BCUT2D eigenvalue weighted by atomic mass is 10.2. The lowest BCUT2D eigenvalue weighted by Gasteiger charge is -2.21. The Morgan fingerprint density at radius 3 is 2.74 bits per heavy atom. The van der Waals surface area contributed by atoms with E-state index in [4.69, 9.17) is 15.0 Å². The van der Waals surface area contributed by atoms with Crippen molar-refractivity contribution in [3.05, 3.63) is 10.4 Å². The number of thioether (sulfide) groups is 1. The molecule has 0 bridgehead atoms. The maximum Gasteiger partial charge on any atom is 0.407 e. The molecule has 19 heavy (non-hydrogen) atoms. The summed E-state index contributed by atoms with van der Waals surface area (Å²) in [7, 11) is 0. The minimum atomic E-state index is -0.512. The van der Waals surface area contributed by atoms with Gasteiger partial charge in [-0.1, -0.05) is 5.11 Å². The molecule has 1 atom stereocenters. The molecule has 0 fully saturated rings. The van der Waals surface area contributed by atoms with Crippen LogP contribution in [-0.4, -0.2) is 49.5 Å². The van der Waals surface area contributed by atoms with E-state index in [9.17, 15) is 4.79 Å². The van der Waals surface area contributed by atoms with Crippen molar-refractivity contribution >= 4 is 17.9 Å². The highest BCUT2D eigenvalue weighted by molar-refractivity contribution is 7.98. The SMILES string of the molecule is CSCC(CNC(=O)OC(C)(C)C)OCCN=[N+]=[N-]. The zero-order chi connectivity index (χ0) is 14.7. The van der Waals surface area contributed by atoms with Gasteiger partial charge in [-0.15, -0.1) is 0 Å². The number of carbonyl (C=O) groups excluding carboxylic acids is 1. The lowest BCUT2D eigenvalue weighted by molar-refractivity contribution is 0.0422. The van der Waals surface area contributed by atoms with Crippen molar-refractivity contribution in [2.45, 2.75) is 32.5 Å². The molecule has 0 rings (SSSR count). The molecule has 1 amide bonds. The van der Waals surface area contributed by atoms with E-state index in [1.54, 1.807) is 11.8 Å². The van der Waals surface area contributed by atoms with Crippen molar-refractivity contribution < 1.29 is 14.3 Å². The maximum atomic E-state index is 11.5. The van der Waals surface area contributed by atoms with Crippen LogP contribution in [0.3, 0.4) is 0 Å². The fourth-order valence-corrected chi connectivity index (χ4v) is 1.75. The van der Waals surface area contributed by atoms with Crippen LogP contribution < -0.4 is 5.32 Å². The summed E-state index contributed by atoms with van der Waals surface area (Å²) < 4.78 is 10.6. The molecule has 1 N–H and O–H groups in total. The normalized spacial score (nSPS) is 12.4. The van der Waals surface area contributed by atoms with Crippen LogP contribution in [0.25, 0.3) is 10.4 Å². The molecule has 7 nitrogen and oxygen atoms in total. The summed E-state index contributed by atoms with van der Waals surface area (Å²) in [5, 5.41) is 6.05. The van der Waals surface area contributed by atoms with E-state index >= 15 is 0 Å². The maximum absolute atomic E-state index is 11.5. The summed E-state index contributed by atoms with van der Waals surface area (Å²) in [6, 6.07) is 0. The average Bonchev–Trinajstić information content (AvgIpc) is 2.29. The lowest BCUT2D eigenvalue weighted by Crippen LogP contribution is -2.38. The van der Waals surface area contributed by atoms with Crippen molar-refractivity contribution in [1.82, 2.24) is 5.32 Å². The molecule has 0 aliphatic carbocycles. The zero-order valence-corrected chi connectivity index (χ0v) is 12.7. The molecule has 0 spiro atoms. The first-order valence-corrected chi connectivity index (χ1v) is 7.36. The van der Waals surface area contributed by atoms with E-state index in [1.807, 2.05) is 27.0 Å². The molecular formula is C11H22N4O3S. The van der Waals surface area contributed by atoms with Crippen molar-refractivity contribution in [1.29, 1.82) is 0 Å². The smallest absolute Gasteiger partial charge is 0.407 e. The van der Waals surface area contributed by atoms with Crippen molar-refractivity contribution in [2.24, 2.45) is 5.11 Å². The highest BCUT2D eigenvalue weighted by atomic mass is 32.2. The van der Waals surface area contributed by atoms with Gasteiger partial charge in [0.05, 0.1) is 12.7 Å². The summed E-state index contributed by atoms with van der Waals surface area (Å²) >= 11 is 1.62. The molecule has 0 aliphatic rings. The Hall–Kier alpha value is -1.11. The molecule has 0 radical (unpaired) electrons. The summed E-state index contributed by atoms with van der Waals surface area (Å²) in [6.45, 7) is 6.41. The fourth-order valence-electron chi connectivity index (χ4n) is 1.17. The molecule has 1 unspecified atom stereocenters. The van der Waals surface area contributed by atoms with Gasteiger partial charge in [0.2, 0.25) is 0 Å². The number of ether oxygens (including phenoxy) is 2. The average molecular weight is 290 g/mol. The molecular weight excluding hydrogens is 268 g/mol. The summed E-state index contributed by atoms with van der Waals surface area (Å²) in [5.74, 6) is 0.742.